The first-order valence-electron chi connectivity index (χ1n) is 21.3. The molecule has 0 aliphatic carbocycles. The average molecular weight is 801 g/mol. The molecule has 298 valence electrons. The van der Waals surface area contributed by atoms with E-state index in [0.717, 1.165) is 67.3 Å². The third-order valence-corrected chi connectivity index (χ3v) is 12.3. The van der Waals surface area contributed by atoms with E-state index >= 15 is 0 Å². The highest BCUT2D eigenvalue weighted by molar-refractivity contribution is 6.09. The number of hydrogen-bond acceptors (Lipinski definition) is 4. The zero-order valence-corrected chi connectivity index (χ0v) is 34.6. The van der Waals surface area contributed by atoms with Gasteiger partial charge >= 0.3 is 0 Å². The van der Waals surface area contributed by atoms with E-state index in [1.54, 1.807) is 0 Å². The van der Waals surface area contributed by atoms with Crippen molar-refractivity contribution in [3.8, 4) is 28.1 Å². The summed E-state index contributed by atoms with van der Waals surface area (Å²) in [6.07, 6.45) is 1.94. The van der Waals surface area contributed by atoms with Crippen LogP contribution in [0.2, 0.25) is 0 Å². The van der Waals surface area contributed by atoms with Crippen molar-refractivity contribution in [2.24, 2.45) is 0 Å². The fourth-order valence-electron chi connectivity index (χ4n) is 9.56. The Morgan fingerprint density at radius 1 is 0.452 bits per heavy atom. The van der Waals surface area contributed by atoms with Crippen LogP contribution in [0, 0.1) is 0 Å². The molecule has 5 nitrogen and oxygen atoms in total. The molecular formula is C57H44N4O. The number of aromatic nitrogens is 2. The molecule has 0 saturated heterocycles. The van der Waals surface area contributed by atoms with Crippen molar-refractivity contribution in [3.63, 3.8) is 0 Å². The van der Waals surface area contributed by atoms with E-state index in [-0.39, 0.29) is 6.04 Å². The topological polar surface area (TPSA) is 33.5 Å². The van der Waals surface area contributed by atoms with E-state index in [1.807, 2.05) is 16.3 Å². The Morgan fingerprint density at radius 3 is 1.76 bits per heavy atom. The van der Waals surface area contributed by atoms with Crippen LogP contribution in [0.3, 0.4) is 0 Å². The lowest BCUT2D eigenvalue weighted by atomic mass is 9.65. The number of rotatable bonds is 9. The lowest BCUT2D eigenvalue weighted by molar-refractivity contribution is 0.112. The Kier molecular flexibility index (Phi) is 9.25. The molecule has 0 unspecified atom stereocenters. The van der Waals surface area contributed by atoms with Crippen molar-refractivity contribution >= 4 is 38.9 Å². The SMILES string of the molecule is CC(C)N1ON(c2cccc(C(c3ccccc3)(c3ccccc3)c3ccc4c5ccccc5n(-c5cc(-c6ccccc6-c6ccccc6)ccn5)c4c3)c2)c2ccccc21. The molecule has 2 aromatic heterocycles. The van der Waals surface area contributed by atoms with Gasteiger partial charge in [-0.2, -0.15) is 5.06 Å². The molecule has 0 radical (unpaired) electrons. The maximum atomic E-state index is 6.65. The molecule has 62 heavy (non-hydrogen) atoms. The number of benzene rings is 8. The molecule has 1 aliphatic rings. The van der Waals surface area contributed by atoms with Gasteiger partial charge in [0.1, 0.15) is 5.82 Å². The van der Waals surface area contributed by atoms with Crippen LogP contribution in [0.4, 0.5) is 17.1 Å². The molecule has 5 heteroatoms. The standard InChI is InChI=1S/C57H44N4O/c1-40(2)60-53-31-16-17-32-54(53)61(62-60)47-26-18-25-45(38-47)57(43-21-8-4-9-22-43,44-23-10-5-11-24-44)46-33-34-51-50-29-14-15-30-52(50)59(55(51)39-46)56-37-42(35-36-58-56)49-28-13-12-27-48(49)41-19-6-3-7-20-41/h3-40H,1-2H3. The number of para-hydroxylation sites is 3. The number of hydrogen-bond donors (Lipinski definition) is 0. The first-order valence-corrected chi connectivity index (χ1v) is 21.3. The molecule has 8 aromatic carbocycles. The van der Waals surface area contributed by atoms with Crippen LogP contribution in [0.15, 0.2) is 225 Å². The highest BCUT2D eigenvalue weighted by Gasteiger charge is 2.40. The second-order valence-corrected chi connectivity index (χ2v) is 16.2. The molecule has 3 heterocycles. The van der Waals surface area contributed by atoms with Crippen LogP contribution >= 0.6 is 0 Å². The maximum absolute atomic E-state index is 6.65. The Hall–Kier alpha value is -7.73. The van der Waals surface area contributed by atoms with E-state index in [2.05, 4.69) is 237 Å². The quantitative estimate of drug-likeness (QED) is 0.136. The second-order valence-electron chi connectivity index (χ2n) is 16.2. The molecule has 0 N–H and O–H groups in total. The van der Waals surface area contributed by atoms with Gasteiger partial charge in [0.2, 0.25) is 0 Å². The second kappa shape index (κ2) is 15.4. The molecule has 0 saturated carbocycles. The summed E-state index contributed by atoms with van der Waals surface area (Å²) < 4.78 is 2.34. The van der Waals surface area contributed by atoms with Crippen LogP contribution in [0.5, 0.6) is 0 Å². The van der Waals surface area contributed by atoms with Gasteiger partial charge in [0, 0.05) is 17.0 Å². The summed E-state index contributed by atoms with van der Waals surface area (Å²) in [7, 11) is 0. The molecule has 0 spiro atoms. The number of nitrogens with zero attached hydrogens (tertiary/aromatic N) is 4. The van der Waals surface area contributed by atoms with E-state index in [0.29, 0.717) is 0 Å². The normalized spacial score (nSPS) is 12.7. The van der Waals surface area contributed by atoms with Crippen LogP contribution in [-0.4, -0.2) is 15.6 Å². The van der Waals surface area contributed by atoms with Crippen molar-refractivity contribution in [1.29, 1.82) is 0 Å². The van der Waals surface area contributed by atoms with Gasteiger partial charge in [-0.1, -0.05) is 170 Å². The van der Waals surface area contributed by atoms with Crippen molar-refractivity contribution < 1.29 is 4.94 Å². The van der Waals surface area contributed by atoms with Crippen LogP contribution in [-0.2, 0) is 10.4 Å². The van der Waals surface area contributed by atoms with Gasteiger partial charge in [0.05, 0.1) is 39.6 Å². The van der Waals surface area contributed by atoms with Gasteiger partial charge in [0.15, 0.2) is 0 Å². The number of fused-ring (bicyclic) bond motifs is 4. The largest absolute Gasteiger partial charge is 0.294 e. The predicted octanol–water partition coefficient (Wildman–Crippen LogP) is 14.1. The summed E-state index contributed by atoms with van der Waals surface area (Å²) in [5.74, 6) is 0.861. The molecule has 0 amide bonds. The summed E-state index contributed by atoms with van der Waals surface area (Å²) in [5.41, 5.74) is 13.7. The summed E-state index contributed by atoms with van der Waals surface area (Å²) >= 11 is 0. The number of hydroxylamine groups is 1. The van der Waals surface area contributed by atoms with Gasteiger partial charge in [-0.25, -0.2) is 10.0 Å². The summed E-state index contributed by atoms with van der Waals surface area (Å²) in [6.45, 7) is 4.30. The van der Waals surface area contributed by atoms with Crippen molar-refractivity contribution in [2.75, 3.05) is 10.1 Å². The van der Waals surface area contributed by atoms with Crippen molar-refractivity contribution in [2.45, 2.75) is 25.3 Å². The fourth-order valence-corrected chi connectivity index (χ4v) is 9.56. The third kappa shape index (κ3) is 6.08. The lowest BCUT2D eigenvalue weighted by Crippen LogP contribution is -2.32. The highest BCUT2D eigenvalue weighted by Crippen LogP contribution is 2.49. The first-order chi connectivity index (χ1) is 30.6. The number of pyridine rings is 1. The van der Waals surface area contributed by atoms with Gasteiger partial charge in [0.25, 0.3) is 0 Å². The summed E-state index contributed by atoms with van der Waals surface area (Å²) in [5, 5.41) is 6.30. The van der Waals surface area contributed by atoms with Crippen LogP contribution in [0.1, 0.15) is 36.1 Å². The lowest BCUT2D eigenvalue weighted by Gasteiger charge is -2.37. The first kappa shape index (κ1) is 37.3. The third-order valence-electron chi connectivity index (χ3n) is 12.3. The van der Waals surface area contributed by atoms with E-state index in [9.17, 15) is 0 Å². The monoisotopic (exact) mass is 800 g/mol. The van der Waals surface area contributed by atoms with Gasteiger partial charge in [-0.05, 0) is 107 Å². The minimum Gasteiger partial charge on any atom is -0.294 e. The molecule has 1 aliphatic heterocycles. The Morgan fingerprint density at radius 2 is 1.03 bits per heavy atom. The zero-order valence-electron chi connectivity index (χ0n) is 34.6. The van der Waals surface area contributed by atoms with Gasteiger partial charge < -0.3 is 0 Å². The van der Waals surface area contributed by atoms with E-state index < -0.39 is 5.41 Å². The molecule has 11 rings (SSSR count). The predicted molar refractivity (Wildman–Crippen MR) is 255 cm³/mol. The maximum Gasteiger partial charge on any atom is 0.138 e. The highest BCUT2D eigenvalue weighted by atomic mass is 16.8. The molecular weight excluding hydrogens is 757 g/mol. The number of anilines is 3. The minimum atomic E-state index is -0.727. The van der Waals surface area contributed by atoms with Crippen molar-refractivity contribution in [1.82, 2.24) is 9.55 Å². The van der Waals surface area contributed by atoms with Crippen LogP contribution < -0.4 is 10.1 Å². The fraction of sp³-hybridized carbons (Fsp3) is 0.0702. The van der Waals surface area contributed by atoms with E-state index in [1.165, 1.54) is 21.9 Å². The zero-order chi connectivity index (χ0) is 41.6. The van der Waals surface area contributed by atoms with Crippen molar-refractivity contribution in [3.05, 3.63) is 247 Å². The Bertz CT molecular complexity index is 3170. The Balaban J connectivity index is 1.15. The average Bonchev–Trinajstić information content (AvgIpc) is 3.90. The molecule has 0 fully saturated rings. The summed E-state index contributed by atoms with van der Waals surface area (Å²) in [4.78, 5) is 11.8. The van der Waals surface area contributed by atoms with Gasteiger partial charge in [-0.3, -0.25) is 4.57 Å². The molecule has 10 aromatic rings. The summed E-state index contributed by atoms with van der Waals surface area (Å²) in [6, 6.07) is 78.6. The molecule has 0 atom stereocenters. The Labute approximate surface area is 362 Å². The smallest absolute Gasteiger partial charge is 0.138 e. The molecule has 0 bridgehead atoms. The van der Waals surface area contributed by atoms with E-state index in [4.69, 9.17) is 9.92 Å². The van der Waals surface area contributed by atoms with Crippen LogP contribution in [0.25, 0.3) is 49.9 Å². The minimum absolute atomic E-state index is 0.143. The van der Waals surface area contributed by atoms with Gasteiger partial charge in [-0.15, -0.1) is 4.94 Å².